The van der Waals surface area contributed by atoms with Crippen molar-refractivity contribution in [1.82, 2.24) is 0 Å². The molecular formula is C13H16O. The standard InChI is InChI=1S/C13H16O/c1-10-7-8-12(9-10)13(14)11-5-3-2-4-6-11/h2-6,10,12H,7-9H2,1H3/t10-,12+/m0/s1. The van der Waals surface area contributed by atoms with Gasteiger partial charge in [0, 0.05) is 11.5 Å². The lowest BCUT2D eigenvalue weighted by Gasteiger charge is -2.07. The van der Waals surface area contributed by atoms with Crippen LogP contribution in [0.25, 0.3) is 0 Å². The van der Waals surface area contributed by atoms with Gasteiger partial charge in [0.05, 0.1) is 0 Å². The first-order chi connectivity index (χ1) is 6.77. The lowest BCUT2D eigenvalue weighted by molar-refractivity contribution is 0.0920. The van der Waals surface area contributed by atoms with Crippen LogP contribution in [-0.2, 0) is 0 Å². The molecule has 14 heavy (non-hydrogen) atoms. The third kappa shape index (κ3) is 1.87. The van der Waals surface area contributed by atoms with Crippen LogP contribution in [0.2, 0.25) is 0 Å². The van der Waals surface area contributed by atoms with E-state index in [2.05, 4.69) is 6.92 Å². The van der Waals surface area contributed by atoms with Crippen LogP contribution in [0, 0.1) is 11.8 Å². The number of carbonyl (C=O) groups is 1. The van der Waals surface area contributed by atoms with E-state index in [0.29, 0.717) is 5.78 Å². The van der Waals surface area contributed by atoms with E-state index in [-0.39, 0.29) is 5.92 Å². The quantitative estimate of drug-likeness (QED) is 0.651. The van der Waals surface area contributed by atoms with Crippen molar-refractivity contribution < 1.29 is 4.79 Å². The van der Waals surface area contributed by atoms with Crippen LogP contribution in [0.1, 0.15) is 36.5 Å². The third-order valence-corrected chi connectivity index (χ3v) is 3.12. The van der Waals surface area contributed by atoms with Crippen LogP contribution in [0.15, 0.2) is 30.3 Å². The molecule has 0 spiro atoms. The van der Waals surface area contributed by atoms with Gasteiger partial charge in [-0.3, -0.25) is 4.79 Å². The van der Waals surface area contributed by atoms with Crippen molar-refractivity contribution in [2.75, 3.05) is 0 Å². The summed E-state index contributed by atoms with van der Waals surface area (Å²) in [5.74, 6) is 1.36. The van der Waals surface area contributed by atoms with E-state index in [0.717, 1.165) is 24.3 Å². The number of Topliss-reactive ketones (excluding diaryl/α,β-unsaturated/α-hetero) is 1. The first-order valence-electron chi connectivity index (χ1n) is 5.36. The predicted molar refractivity (Wildman–Crippen MR) is 57.3 cm³/mol. The van der Waals surface area contributed by atoms with Gasteiger partial charge in [0.15, 0.2) is 5.78 Å². The highest BCUT2D eigenvalue weighted by Gasteiger charge is 2.27. The van der Waals surface area contributed by atoms with Crippen LogP contribution in [0.3, 0.4) is 0 Å². The van der Waals surface area contributed by atoms with E-state index < -0.39 is 0 Å². The van der Waals surface area contributed by atoms with Crippen LogP contribution in [-0.4, -0.2) is 5.78 Å². The van der Waals surface area contributed by atoms with Gasteiger partial charge >= 0.3 is 0 Å². The fourth-order valence-corrected chi connectivity index (χ4v) is 2.28. The number of benzene rings is 1. The van der Waals surface area contributed by atoms with Crippen molar-refractivity contribution in [2.45, 2.75) is 26.2 Å². The second-order valence-electron chi connectivity index (χ2n) is 4.35. The van der Waals surface area contributed by atoms with Gasteiger partial charge in [0.1, 0.15) is 0 Å². The maximum Gasteiger partial charge on any atom is 0.165 e. The van der Waals surface area contributed by atoms with E-state index in [1.165, 1.54) is 6.42 Å². The summed E-state index contributed by atoms with van der Waals surface area (Å²) in [7, 11) is 0. The summed E-state index contributed by atoms with van der Waals surface area (Å²) in [5.41, 5.74) is 0.881. The minimum absolute atomic E-state index is 0.285. The SMILES string of the molecule is C[C@H]1CC[C@@H](C(=O)c2ccccc2)C1. The molecule has 2 rings (SSSR count). The molecule has 0 amide bonds. The summed E-state index contributed by atoms with van der Waals surface area (Å²) in [6, 6.07) is 9.67. The van der Waals surface area contributed by atoms with Gasteiger partial charge in [-0.05, 0) is 25.2 Å². The van der Waals surface area contributed by atoms with Crippen molar-refractivity contribution in [2.24, 2.45) is 11.8 Å². The molecule has 1 fully saturated rings. The number of hydrogen-bond donors (Lipinski definition) is 0. The molecule has 1 saturated carbocycles. The van der Waals surface area contributed by atoms with Gasteiger partial charge < -0.3 is 0 Å². The summed E-state index contributed by atoms with van der Waals surface area (Å²) in [6.45, 7) is 2.23. The third-order valence-electron chi connectivity index (χ3n) is 3.12. The molecule has 0 aliphatic heterocycles. The summed E-state index contributed by atoms with van der Waals surface area (Å²) in [5, 5.41) is 0. The molecule has 1 heteroatoms. The monoisotopic (exact) mass is 188 g/mol. The van der Waals surface area contributed by atoms with Crippen LogP contribution in [0.4, 0.5) is 0 Å². The maximum absolute atomic E-state index is 12.0. The summed E-state index contributed by atoms with van der Waals surface area (Å²) < 4.78 is 0. The maximum atomic E-state index is 12.0. The zero-order valence-corrected chi connectivity index (χ0v) is 8.57. The highest BCUT2D eigenvalue weighted by Crippen LogP contribution is 2.32. The molecule has 0 saturated heterocycles. The largest absolute Gasteiger partial charge is 0.294 e. The van der Waals surface area contributed by atoms with Crippen LogP contribution < -0.4 is 0 Å². The Morgan fingerprint density at radius 3 is 2.50 bits per heavy atom. The van der Waals surface area contributed by atoms with Crippen molar-refractivity contribution >= 4 is 5.78 Å². The molecule has 74 valence electrons. The van der Waals surface area contributed by atoms with Gasteiger partial charge in [-0.1, -0.05) is 37.3 Å². The van der Waals surface area contributed by atoms with Crippen molar-refractivity contribution in [3.05, 3.63) is 35.9 Å². The fourth-order valence-electron chi connectivity index (χ4n) is 2.28. The summed E-state index contributed by atoms with van der Waals surface area (Å²) in [4.78, 5) is 12.0. The zero-order valence-electron chi connectivity index (χ0n) is 8.57. The van der Waals surface area contributed by atoms with E-state index in [1.807, 2.05) is 30.3 Å². The minimum Gasteiger partial charge on any atom is -0.294 e. The van der Waals surface area contributed by atoms with Gasteiger partial charge in [-0.2, -0.15) is 0 Å². The number of ketones is 1. The zero-order chi connectivity index (χ0) is 9.97. The Kier molecular flexibility index (Phi) is 2.67. The molecule has 2 atom stereocenters. The van der Waals surface area contributed by atoms with Crippen molar-refractivity contribution in [3.8, 4) is 0 Å². The van der Waals surface area contributed by atoms with Crippen molar-refractivity contribution in [1.29, 1.82) is 0 Å². The molecule has 1 aliphatic rings. The molecule has 0 radical (unpaired) electrons. The normalized spacial score (nSPS) is 26.4. The summed E-state index contributed by atoms with van der Waals surface area (Å²) in [6.07, 6.45) is 3.37. The number of rotatable bonds is 2. The average Bonchev–Trinajstić information content (AvgIpc) is 2.65. The Morgan fingerprint density at radius 1 is 1.21 bits per heavy atom. The van der Waals surface area contributed by atoms with Crippen LogP contribution >= 0.6 is 0 Å². The van der Waals surface area contributed by atoms with Crippen molar-refractivity contribution in [3.63, 3.8) is 0 Å². The van der Waals surface area contributed by atoms with E-state index in [4.69, 9.17) is 0 Å². The molecular weight excluding hydrogens is 172 g/mol. The molecule has 1 aromatic carbocycles. The van der Waals surface area contributed by atoms with Gasteiger partial charge in [0.2, 0.25) is 0 Å². The Labute approximate surface area is 85.1 Å². The molecule has 0 bridgehead atoms. The molecule has 0 N–H and O–H groups in total. The van der Waals surface area contributed by atoms with Gasteiger partial charge in [-0.25, -0.2) is 0 Å². The molecule has 1 aromatic rings. The van der Waals surface area contributed by atoms with E-state index in [9.17, 15) is 4.79 Å². The first kappa shape index (κ1) is 9.45. The fraction of sp³-hybridized carbons (Fsp3) is 0.462. The second kappa shape index (κ2) is 3.95. The Morgan fingerprint density at radius 2 is 1.93 bits per heavy atom. The Balaban J connectivity index is 2.10. The molecule has 0 unspecified atom stereocenters. The second-order valence-corrected chi connectivity index (χ2v) is 4.35. The topological polar surface area (TPSA) is 17.1 Å². The average molecular weight is 188 g/mol. The highest BCUT2D eigenvalue weighted by molar-refractivity contribution is 5.97. The number of carbonyl (C=O) groups excluding carboxylic acids is 1. The smallest absolute Gasteiger partial charge is 0.165 e. The lowest BCUT2D eigenvalue weighted by Crippen LogP contribution is -2.11. The number of hydrogen-bond acceptors (Lipinski definition) is 1. The lowest BCUT2D eigenvalue weighted by atomic mass is 9.95. The minimum atomic E-state index is 0.285. The van der Waals surface area contributed by atoms with Crippen LogP contribution in [0.5, 0.6) is 0 Å². The van der Waals surface area contributed by atoms with E-state index in [1.54, 1.807) is 0 Å². The molecule has 0 heterocycles. The molecule has 0 aromatic heterocycles. The highest BCUT2D eigenvalue weighted by atomic mass is 16.1. The van der Waals surface area contributed by atoms with Gasteiger partial charge in [-0.15, -0.1) is 0 Å². The predicted octanol–water partition coefficient (Wildman–Crippen LogP) is 3.31. The summed E-state index contributed by atoms with van der Waals surface area (Å²) >= 11 is 0. The Bertz CT molecular complexity index is 315. The molecule has 1 nitrogen and oxygen atoms in total. The van der Waals surface area contributed by atoms with Gasteiger partial charge in [0.25, 0.3) is 0 Å². The Hall–Kier alpha value is -1.11. The first-order valence-corrected chi connectivity index (χ1v) is 5.36. The van der Waals surface area contributed by atoms with E-state index >= 15 is 0 Å². The molecule has 1 aliphatic carbocycles.